The highest BCUT2D eigenvalue weighted by Crippen LogP contribution is 2.27. The van der Waals surface area contributed by atoms with Gasteiger partial charge in [-0.3, -0.25) is 4.79 Å². The topological polar surface area (TPSA) is 68.5 Å². The van der Waals surface area contributed by atoms with E-state index in [2.05, 4.69) is 10.2 Å². The van der Waals surface area contributed by atoms with Crippen molar-refractivity contribution < 1.29 is 13.9 Å². The van der Waals surface area contributed by atoms with Crippen molar-refractivity contribution in [3.63, 3.8) is 0 Å². The third-order valence-electron chi connectivity index (χ3n) is 3.04. The predicted octanol–water partition coefficient (Wildman–Crippen LogP) is 0.942. The lowest BCUT2D eigenvalue weighted by atomic mass is 9.97. The van der Waals surface area contributed by atoms with E-state index in [0.29, 0.717) is 18.4 Å². The summed E-state index contributed by atoms with van der Waals surface area (Å²) in [5.74, 6) is 1.58. The molecule has 1 amide bonds. The molecule has 0 N–H and O–H groups in total. The summed E-state index contributed by atoms with van der Waals surface area (Å²) in [5.41, 5.74) is 0. The van der Waals surface area contributed by atoms with Crippen LogP contribution in [0.2, 0.25) is 0 Å². The molecule has 2 rings (SSSR count). The minimum absolute atomic E-state index is 0.133. The van der Waals surface area contributed by atoms with Crippen molar-refractivity contribution in [1.82, 2.24) is 15.1 Å². The number of methoxy groups -OCH3 is 1. The van der Waals surface area contributed by atoms with Gasteiger partial charge in [0.1, 0.15) is 6.61 Å². The molecule has 17 heavy (non-hydrogen) atoms. The van der Waals surface area contributed by atoms with Crippen LogP contribution < -0.4 is 0 Å². The minimum atomic E-state index is 0.133. The molecule has 0 saturated carbocycles. The van der Waals surface area contributed by atoms with Crippen LogP contribution in [0.25, 0.3) is 0 Å². The van der Waals surface area contributed by atoms with E-state index in [0.717, 1.165) is 25.9 Å². The molecule has 1 saturated heterocycles. The van der Waals surface area contributed by atoms with Crippen LogP contribution in [0.5, 0.6) is 0 Å². The summed E-state index contributed by atoms with van der Waals surface area (Å²) in [6.45, 7) is 3.48. The van der Waals surface area contributed by atoms with Crippen LogP contribution in [0.15, 0.2) is 4.42 Å². The number of hydrogen-bond acceptors (Lipinski definition) is 5. The molecular formula is C11H17N3O3. The Hall–Kier alpha value is -1.43. The van der Waals surface area contributed by atoms with E-state index in [4.69, 9.17) is 9.15 Å². The molecule has 6 heteroatoms. The largest absolute Gasteiger partial charge is 0.422 e. The fourth-order valence-corrected chi connectivity index (χ4v) is 2.05. The molecule has 94 valence electrons. The standard InChI is InChI=1S/C11H17N3O3/c1-8(15)14-5-3-9(4-6-14)11-13-12-10(17-11)7-16-2/h9H,3-7H2,1-2H3. The second-order valence-corrected chi connectivity index (χ2v) is 4.25. The number of carbonyl (C=O) groups is 1. The first-order chi connectivity index (χ1) is 8.20. The zero-order valence-electron chi connectivity index (χ0n) is 10.2. The first-order valence-corrected chi connectivity index (χ1v) is 5.77. The lowest BCUT2D eigenvalue weighted by Gasteiger charge is -2.29. The van der Waals surface area contributed by atoms with Gasteiger partial charge in [-0.1, -0.05) is 0 Å². The number of rotatable bonds is 3. The van der Waals surface area contributed by atoms with Gasteiger partial charge in [-0.25, -0.2) is 0 Å². The van der Waals surface area contributed by atoms with Gasteiger partial charge in [0.05, 0.1) is 0 Å². The average Bonchev–Trinajstić information content (AvgIpc) is 2.78. The number of amides is 1. The molecule has 1 aromatic heterocycles. The van der Waals surface area contributed by atoms with Gasteiger partial charge in [-0.05, 0) is 12.8 Å². The predicted molar refractivity (Wildman–Crippen MR) is 59.2 cm³/mol. The SMILES string of the molecule is COCc1nnc(C2CCN(C(C)=O)CC2)o1. The minimum Gasteiger partial charge on any atom is -0.422 e. The molecular weight excluding hydrogens is 222 g/mol. The Morgan fingerprint density at radius 1 is 1.47 bits per heavy atom. The van der Waals surface area contributed by atoms with Crippen molar-refractivity contribution in [3.05, 3.63) is 11.8 Å². The van der Waals surface area contributed by atoms with Crippen LogP contribution in [0, 0.1) is 0 Å². The second-order valence-electron chi connectivity index (χ2n) is 4.25. The summed E-state index contributed by atoms with van der Waals surface area (Å²) in [6.07, 6.45) is 1.77. The summed E-state index contributed by atoms with van der Waals surface area (Å²) in [4.78, 5) is 13.0. The summed E-state index contributed by atoms with van der Waals surface area (Å²) < 4.78 is 10.4. The van der Waals surface area contributed by atoms with E-state index in [1.165, 1.54) is 0 Å². The third-order valence-corrected chi connectivity index (χ3v) is 3.04. The lowest BCUT2D eigenvalue weighted by Crippen LogP contribution is -2.36. The highest BCUT2D eigenvalue weighted by molar-refractivity contribution is 5.73. The van der Waals surface area contributed by atoms with E-state index in [1.54, 1.807) is 14.0 Å². The highest BCUT2D eigenvalue weighted by Gasteiger charge is 2.25. The Morgan fingerprint density at radius 3 is 2.76 bits per heavy atom. The van der Waals surface area contributed by atoms with Crippen LogP contribution >= 0.6 is 0 Å². The van der Waals surface area contributed by atoms with Gasteiger partial charge in [-0.2, -0.15) is 0 Å². The molecule has 0 bridgehead atoms. The van der Waals surface area contributed by atoms with Gasteiger partial charge in [0.15, 0.2) is 0 Å². The fraction of sp³-hybridized carbons (Fsp3) is 0.727. The molecule has 0 unspecified atom stereocenters. The fourth-order valence-electron chi connectivity index (χ4n) is 2.05. The van der Waals surface area contributed by atoms with E-state index in [-0.39, 0.29) is 11.8 Å². The van der Waals surface area contributed by atoms with Crippen LogP contribution in [-0.4, -0.2) is 41.2 Å². The normalized spacial score (nSPS) is 17.4. The summed E-state index contributed by atoms with van der Waals surface area (Å²) >= 11 is 0. The molecule has 2 heterocycles. The number of nitrogens with zero attached hydrogens (tertiary/aromatic N) is 3. The van der Waals surface area contributed by atoms with E-state index in [9.17, 15) is 4.79 Å². The number of aromatic nitrogens is 2. The van der Waals surface area contributed by atoms with Gasteiger partial charge >= 0.3 is 0 Å². The first kappa shape index (κ1) is 12.0. The molecule has 0 aliphatic carbocycles. The Balaban J connectivity index is 1.93. The van der Waals surface area contributed by atoms with Crippen LogP contribution in [0.1, 0.15) is 37.5 Å². The van der Waals surface area contributed by atoms with Crippen molar-refractivity contribution in [1.29, 1.82) is 0 Å². The molecule has 0 spiro atoms. The number of ether oxygens (including phenoxy) is 1. The monoisotopic (exact) mass is 239 g/mol. The summed E-state index contributed by atoms with van der Waals surface area (Å²) in [7, 11) is 1.59. The van der Waals surface area contributed by atoms with Gasteiger partial charge < -0.3 is 14.1 Å². The van der Waals surface area contributed by atoms with Crippen LogP contribution in [-0.2, 0) is 16.1 Å². The Morgan fingerprint density at radius 2 is 2.18 bits per heavy atom. The molecule has 1 aromatic rings. The van der Waals surface area contributed by atoms with E-state index in [1.807, 2.05) is 4.90 Å². The van der Waals surface area contributed by atoms with Crippen molar-refractivity contribution in [3.8, 4) is 0 Å². The number of hydrogen-bond donors (Lipinski definition) is 0. The average molecular weight is 239 g/mol. The maximum Gasteiger partial charge on any atom is 0.242 e. The van der Waals surface area contributed by atoms with Crippen molar-refractivity contribution in [2.24, 2.45) is 0 Å². The molecule has 1 fully saturated rings. The van der Waals surface area contributed by atoms with Crippen molar-refractivity contribution >= 4 is 5.91 Å². The van der Waals surface area contributed by atoms with Crippen LogP contribution in [0.3, 0.4) is 0 Å². The molecule has 0 aromatic carbocycles. The van der Waals surface area contributed by atoms with E-state index >= 15 is 0 Å². The molecule has 0 radical (unpaired) electrons. The number of piperidine rings is 1. The van der Waals surface area contributed by atoms with Gasteiger partial charge in [0.25, 0.3) is 0 Å². The van der Waals surface area contributed by atoms with E-state index < -0.39 is 0 Å². The van der Waals surface area contributed by atoms with Gasteiger partial charge in [-0.15, -0.1) is 10.2 Å². The Labute approximate surface area is 99.9 Å². The quantitative estimate of drug-likeness (QED) is 0.785. The third kappa shape index (κ3) is 2.82. The maximum atomic E-state index is 11.2. The first-order valence-electron chi connectivity index (χ1n) is 5.77. The lowest BCUT2D eigenvalue weighted by molar-refractivity contribution is -0.129. The maximum absolute atomic E-state index is 11.2. The molecule has 6 nitrogen and oxygen atoms in total. The highest BCUT2D eigenvalue weighted by atomic mass is 16.5. The second kappa shape index (κ2) is 5.27. The van der Waals surface area contributed by atoms with Crippen molar-refractivity contribution in [2.45, 2.75) is 32.3 Å². The van der Waals surface area contributed by atoms with Crippen LogP contribution in [0.4, 0.5) is 0 Å². The van der Waals surface area contributed by atoms with Crippen molar-refractivity contribution in [2.75, 3.05) is 20.2 Å². The molecule has 1 aliphatic rings. The molecule has 0 atom stereocenters. The molecule has 1 aliphatic heterocycles. The summed E-state index contributed by atoms with van der Waals surface area (Å²) in [5, 5.41) is 7.94. The summed E-state index contributed by atoms with van der Waals surface area (Å²) in [6, 6.07) is 0. The zero-order chi connectivity index (χ0) is 12.3. The Bertz CT molecular complexity index is 383. The van der Waals surface area contributed by atoms with Gasteiger partial charge in [0.2, 0.25) is 17.7 Å². The zero-order valence-corrected chi connectivity index (χ0v) is 10.2. The smallest absolute Gasteiger partial charge is 0.242 e. The number of carbonyl (C=O) groups excluding carboxylic acids is 1. The Kier molecular flexibility index (Phi) is 3.73. The number of likely N-dealkylation sites (tertiary alicyclic amines) is 1. The van der Waals surface area contributed by atoms with Gasteiger partial charge in [0, 0.05) is 33.0 Å².